The van der Waals surface area contributed by atoms with Crippen LogP contribution in [-0.2, 0) is 16.0 Å². The normalized spacial score (nSPS) is 12.1. The molecule has 0 fully saturated rings. The van der Waals surface area contributed by atoms with E-state index in [0.29, 0.717) is 16.7 Å². The number of benzene rings is 1. The Bertz CT molecular complexity index is 905. The third kappa shape index (κ3) is 4.37. The van der Waals surface area contributed by atoms with Gasteiger partial charge in [-0.2, -0.15) is 11.8 Å². The molecule has 1 heterocycles. The topological polar surface area (TPSA) is 120 Å². The molecule has 0 unspecified atom stereocenters. The van der Waals surface area contributed by atoms with Crippen LogP contribution in [0.1, 0.15) is 23.1 Å². The Kier molecular flexibility index (Phi) is 6.31. The molecular weight excluding hydrogens is 358 g/mol. The molecule has 2 rings (SSSR count). The second kappa shape index (κ2) is 8.27. The van der Waals surface area contributed by atoms with E-state index in [9.17, 15) is 24.6 Å². The van der Waals surface area contributed by atoms with Gasteiger partial charge in [-0.1, -0.05) is 0 Å². The third-order valence-corrected chi connectivity index (χ3v) is 4.71. The maximum Gasteiger partial charge on any atom is 0.340 e. The van der Waals surface area contributed by atoms with Crippen molar-refractivity contribution in [3.63, 3.8) is 0 Å². The highest BCUT2D eigenvalue weighted by molar-refractivity contribution is 7.98. The van der Waals surface area contributed by atoms with Gasteiger partial charge in [-0.05, 0) is 55.5 Å². The first-order valence-electron chi connectivity index (χ1n) is 7.99. The van der Waals surface area contributed by atoms with Crippen LogP contribution in [0.25, 0.3) is 11.0 Å². The number of fused-ring (bicyclic) bond motifs is 1. The van der Waals surface area contributed by atoms with Crippen LogP contribution < -0.4 is 16.0 Å². The number of aryl methyl sites for hydroxylation is 2. The second-order valence-electron chi connectivity index (χ2n) is 6.05. The maximum atomic E-state index is 12.2. The minimum atomic E-state index is -1.37. The zero-order valence-corrected chi connectivity index (χ0v) is 15.6. The second-order valence-corrected chi connectivity index (χ2v) is 7.03. The summed E-state index contributed by atoms with van der Waals surface area (Å²) in [7, 11) is 0. The van der Waals surface area contributed by atoms with Gasteiger partial charge < -0.3 is 24.7 Å². The Morgan fingerprint density at radius 3 is 2.65 bits per heavy atom. The molecule has 0 radical (unpaired) electrons. The number of carbonyl (C=O) groups excluding carboxylic acids is 2. The Balaban J connectivity index is 2.31. The van der Waals surface area contributed by atoms with Crippen molar-refractivity contribution in [3.8, 4) is 5.75 Å². The molecule has 1 aromatic carbocycles. The summed E-state index contributed by atoms with van der Waals surface area (Å²) >= 11 is 1.45. The number of nitrogens with one attached hydrogen (secondary N) is 1. The van der Waals surface area contributed by atoms with Gasteiger partial charge in [0.1, 0.15) is 11.3 Å². The Morgan fingerprint density at radius 1 is 1.35 bits per heavy atom. The van der Waals surface area contributed by atoms with Gasteiger partial charge in [-0.15, -0.1) is 0 Å². The summed E-state index contributed by atoms with van der Waals surface area (Å²) in [6.07, 6.45) is 1.70. The molecule has 1 amide bonds. The monoisotopic (exact) mass is 378 g/mol. The number of amides is 1. The number of aliphatic carboxylic acids is 1. The summed E-state index contributed by atoms with van der Waals surface area (Å²) in [6.45, 7) is 3.37. The molecule has 140 valence electrons. The third-order valence-electron chi connectivity index (χ3n) is 4.07. The van der Waals surface area contributed by atoms with Gasteiger partial charge in [0.15, 0.2) is 0 Å². The first kappa shape index (κ1) is 19.8. The number of phenols is 1. The van der Waals surface area contributed by atoms with Crippen molar-refractivity contribution in [2.75, 3.05) is 12.0 Å². The van der Waals surface area contributed by atoms with Crippen LogP contribution in [0.4, 0.5) is 0 Å². The molecular formula is C18H20NO6S-. The number of carboxylic acid groups (broad SMARTS) is 1. The Morgan fingerprint density at radius 2 is 2.04 bits per heavy atom. The summed E-state index contributed by atoms with van der Waals surface area (Å²) in [6, 6.07) is 2.04. The maximum absolute atomic E-state index is 12.2. The predicted octanol–water partition coefficient (Wildman–Crippen LogP) is 0.646. The van der Waals surface area contributed by atoms with E-state index in [0.717, 1.165) is 5.56 Å². The molecule has 1 atom stereocenters. The largest absolute Gasteiger partial charge is 0.548 e. The summed E-state index contributed by atoms with van der Waals surface area (Å²) in [5.41, 5.74) is 0.786. The van der Waals surface area contributed by atoms with Crippen LogP contribution in [0.5, 0.6) is 5.75 Å². The summed E-state index contributed by atoms with van der Waals surface area (Å²) in [4.78, 5) is 35.6. The standard InChI is InChI=1S/C18H21NO6S/c1-9-6-13(20)16-10(2)11(18(24)25-14(16)7-9)8-15(21)19-12(17(22)23)4-5-26-3/h6-7,12,20H,4-5,8H2,1-3H3,(H,19,21)(H,22,23)/p-1/t12-/m0/s1. The van der Waals surface area contributed by atoms with Crippen LogP contribution in [0.3, 0.4) is 0 Å². The average Bonchev–Trinajstić information content (AvgIpc) is 2.54. The fourth-order valence-corrected chi connectivity index (χ4v) is 3.22. The SMILES string of the molecule is CSCC[C@H](NC(=O)Cc1c(C)c2c(O)cc(C)cc2oc1=O)C(=O)[O-]. The quantitative estimate of drug-likeness (QED) is 0.679. The summed E-state index contributed by atoms with van der Waals surface area (Å²) in [5.74, 6) is -1.50. The van der Waals surface area contributed by atoms with Gasteiger partial charge in [0.25, 0.3) is 0 Å². The molecule has 0 spiro atoms. The molecule has 8 heteroatoms. The molecule has 0 aliphatic carbocycles. The minimum absolute atomic E-state index is 0.0458. The number of phenolic OH excluding ortho intramolecular Hbond substituents is 1. The first-order chi connectivity index (χ1) is 12.2. The van der Waals surface area contributed by atoms with Crippen LogP contribution in [0, 0.1) is 13.8 Å². The van der Waals surface area contributed by atoms with Crippen molar-refractivity contribution < 1.29 is 24.2 Å². The van der Waals surface area contributed by atoms with Gasteiger partial charge in [0, 0.05) is 0 Å². The number of rotatable bonds is 7. The number of aromatic hydroxyl groups is 1. The van der Waals surface area contributed by atoms with Gasteiger partial charge in [0.05, 0.1) is 29.4 Å². The van der Waals surface area contributed by atoms with Gasteiger partial charge in [0.2, 0.25) is 5.91 Å². The van der Waals surface area contributed by atoms with Gasteiger partial charge >= 0.3 is 5.63 Å². The van der Waals surface area contributed by atoms with Crippen molar-refractivity contribution in [2.24, 2.45) is 0 Å². The molecule has 26 heavy (non-hydrogen) atoms. The van der Waals surface area contributed by atoms with Crippen LogP contribution in [0.15, 0.2) is 21.3 Å². The van der Waals surface area contributed by atoms with E-state index in [1.54, 1.807) is 19.9 Å². The minimum Gasteiger partial charge on any atom is -0.548 e. The molecule has 7 nitrogen and oxygen atoms in total. The Labute approximate surface area is 154 Å². The fraction of sp³-hybridized carbons (Fsp3) is 0.389. The zero-order valence-electron chi connectivity index (χ0n) is 14.8. The highest BCUT2D eigenvalue weighted by Crippen LogP contribution is 2.29. The lowest BCUT2D eigenvalue weighted by Crippen LogP contribution is -2.48. The van der Waals surface area contributed by atoms with Gasteiger partial charge in [-0.25, -0.2) is 4.79 Å². The lowest BCUT2D eigenvalue weighted by Gasteiger charge is -2.19. The lowest BCUT2D eigenvalue weighted by atomic mass is 10.0. The van der Waals surface area contributed by atoms with E-state index in [1.807, 2.05) is 6.26 Å². The van der Waals surface area contributed by atoms with Crippen LogP contribution >= 0.6 is 11.8 Å². The molecule has 0 saturated carbocycles. The molecule has 0 aliphatic heterocycles. The fourth-order valence-electron chi connectivity index (χ4n) is 2.75. The molecule has 2 N–H and O–H groups in total. The number of hydrogen-bond donors (Lipinski definition) is 2. The predicted molar refractivity (Wildman–Crippen MR) is 97.3 cm³/mol. The van der Waals surface area contributed by atoms with Crippen molar-refractivity contribution in [1.82, 2.24) is 5.32 Å². The summed E-state index contributed by atoms with van der Waals surface area (Å²) in [5, 5.41) is 24.0. The molecule has 0 bridgehead atoms. The Hall–Kier alpha value is -2.48. The molecule has 0 saturated heterocycles. The zero-order chi connectivity index (χ0) is 19.4. The van der Waals surface area contributed by atoms with E-state index in [4.69, 9.17) is 4.42 Å². The summed E-state index contributed by atoms with van der Waals surface area (Å²) < 4.78 is 5.23. The van der Waals surface area contributed by atoms with Crippen molar-refractivity contribution in [3.05, 3.63) is 39.2 Å². The number of thioether (sulfide) groups is 1. The van der Waals surface area contributed by atoms with E-state index < -0.39 is 23.5 Å². The average molecular weight is 378 g/mol. The van der Waals surface area contributed by atoms with Crippen LogP contribution in [-0.4, -0.2) is 35.0 Å². The molecule has 2 aromatic rings. The number of hydrogen-bond acceptors (Lipinski definition) is 7. The smallest absolute Gasteiger partial charge is 0.340 e. The van der Waals surface area contributed by atoms with E-state index in [-0.39, 0.29) is 29.7 Å². The van der Waals surface area contributed by atoms with E-state index >= 15 is 0 Å². The van der Waals surface area contributed by atoms with Crippen molar-refractivity contribution in [1.29, 1.82) is 0 Å². The van der Waals surface area contributed by atoms with E-state index in [1.165, 1.54) is 17.8 Å². The lowest BCUT2D eigenvalue weighted by molar-refractivity contribution is -0.308. The van der Waals surface area contributed by atoms with Crippen LogP contribution in [0.2, 0.25) is 0 Å². The first-order valence-corrected chi connectivity index (χ1v) is 9.39. The van der Waals surface area contributed by atoms with E-state index in [2.05, 4.69) is 5.32 Å². The number of carbonyl (C=O) groups is 2. The highest BCUT2D eigenvalue weighted by atomic mass is 32.2. The van der Waals surface area contributed by atoms with Gasteiger partial charge in [-0.3, -0.25) is 4.79 Å². The van der Waals surface area contributed by atoms with Crippen molar-refractivity contribution in [2.45, 2.75) is 32.7 Å². The van der Waals surface area contributed by atoms with Crippen molar-refractivity contribution >= 4 is 34.6 Å². The highest BCUT2D eigenvalue weighted by Gasteiger charge is 2.19. The molecule has 1 aromatic heterocycles. The number of carboxylic acids is 1. The molecule has 0 aliphatic rings.